The van der Waals surface area contributed by atoms with E-state index < -0.39 is 5.82 Å². The first-order valence-electron chi connectivity index (χ1n) is 10.5. The molecule has 0 saturated carbocycles. The Labute approximate surface area is 186 Å². The Hall–Kier alpha value is -3.62. The summed E-state index contributed by atoms with van der Waals surface area (Å²) in [6.45, 7) is 0.729. The first-order valence-corrected chi connectivity index (χ1v) is 10.5. The van der Waals surface area contributed by atoms with Crippen LogP contribution in [-0.2, 0) is 4.74 Å². The lowest BCUT2D eigenvalue weighted by Crippen LogP contribution is -2.35. The minimum absolute atomic E-state index is 0.0353. The molecule has 4 rings (SSSR count). The molecule has 1 aromatic heterocycles. The number of halogens is 1. The molecule has 2 aromatic rings. The van der Waals surface area contributed by atoms with Gasteiger partial charge in [0.05, 0.1) is 36.7 Å². The standard InChI is InChI=1S/C23H27FN6O2/c1-27-22(32-3)20-13-9-19(21(26)28-11-13)30-8-4-5-18(30)16-10-14(24)6-7-15(16)23(31)29(2)12-17(20)25/h6-7,9-11,18,25,27H,4-5,8,12H2,1-3H3,(H2,26,28)/b22-20+,25-17?/t18-/m1/s1. The van der Waals surface area contributed by atoms with Crippen molar-refractivity contribution < 1.29 is 13.9 Å². The van der Waals surface area contributed by atoms with E-state index in [9.17, 15) is 9.18 Å². The highest BCUT2D eigenvalue weighted by atomic mass is 19.1. The van der Waals surface area contributed by atoms with Gasteiger partial charge in [0, 0.05) is 38.0 Å². The number of methoxy groups -OCH3 is 1. The fourth-order valence-corrected chi connectivity index (χ4v) is 4.58. The van der Waals surface area contributed by atoms with Crippen molar-refractivity contribution in [2.75, 3.05) is 44.9 Å². The third kappa shape index (κ3) is 3.63. The lowest BCUT2D eigenvalue weighted by molar-refractivity contribution is 0.0813. The Kier molecular flexibility index (Phi) is 5.73. The molecule has 168 valence electrons. The summed E-state index contributed by atoms with van der Waals surface area (Å²) < 4.78 is 19.8. The maximum absolute atomic E-state index is 14.3. The van der Waals surface area contributed by atoms with E-state index in [4.69, 9.17) is 15.9 Å². The number of nitrogen functional groups attached to an aromatic ring is 1. The molecule has 2 bridgehead atoms. The SMILES string of the molecule is CN/C(OC)=C1\C(=N)CN(C)C(=O)c2ccc(F)cc2[C@H]2CCCN2c2cc1cnc2N. The van der Waals surface area contributed by atoms with Gasteiger partial charge in [-0.15, -0.1) is 0 Å². The number of hydrogen-bond acceptors (Lipinski definition) is 7. The number of anilines is 2. The Bertz CT molecular complexity index is 1110. The van der Waals surface area contributed by atoms with Crippen LogP contribution in [0.5, 0.6) is 0 Å². The Morgan fingerprint density at radius 3 is 2.88 bits per heavy atom. The van der Waals surface area contributed by atoms with E-state index in [1.54, 1.807) is 20.3 Å². The summed E-state index contributed by atoms with van der Waals surface area (Å²) in [5.74, 6) is 0.0729. The van der Waals surface area contributed by atoms with Crippen LogP contribution in [0.3, 0.4) is 0 Å². The average molecular weight is 439 g/mol. The summed E-state index contributed by atoms with van der Waals surface area (Å²) in [6.07, 6.45) is 3.23. The van der Waals surface area contributed by atoms with Crippen molar-refractivity contribution in [1.82, 2.24) is 15.2 Å². The van der Waals surface area contributed by atoms with Crippen LogP contribution in [0.25, 0.3) is 5.57 Å². The van der Waals surface area contributed by atoms with E-state index in [1.807, 2.05) is 6.07 Å². The first kappa shape index (κ1) is 21.6. The van der Waals surface area contributed by atoms with E-state index in [1.165, 1.54) is 30.2 Å². The molecule has 8 nitrogen and oxygen atoms in total. The number of pyridine rings is 1. The summed E-state index contributed by atoms with van der Waals surface area (Å²) in [7, 11) is 4.86. The zero-order valence-electron chi connectivity index (χ0n) is 18.4. The molecule has 9 heteroatoms. The largest absolute Gasteiger partial charge is 0.482 e. The molecular formula is C23H27FN6O2. The maximum atomic E-state index is 14.3. The highest BCUT2D eigenvalue weighted by Gasteiger charge is 2.33. The summed E-state index contributed by atoms with van der Waals surface area (Å²) in [4.78, 5) is 21.3. The second-order valence-electron chi connectivity index (χ2n) is 8.01. The molecule has 32 heavy (non-hydrogen) atoms. The molecule has 1 fully saturated rings. The number of nitrogens with two attached hydrogens (primary N) is 1. The van der Waals surface area contributed by atoms with Crippen molar-refractivity contribution in [1.29, 1.82) is 5.41 Å². The fourth-order valence-electron chi connectivity index (χ4n) is 4.58. The van der Waals surface area contributed by atoms with Crippen LogP contribution in [0.15, 0.2) is 36.3 Å². The summed E-state index contributed by atoms with van der Waals surface area (Å²) in [6, 6.07) is 5.94. The van der Waals surface area contributed by atoms with Gasteiger partial charge in [0.2, 0.25) is 0 Å². The van der Waals surface area contributed by atoms with Crippen molar-refractivity contribution in [2.24, 2.45) is 0 Å². The third-order valence-electron chi connectivity index (χ3n) is 6.05. The van der Waals surface area contributed by atoms with Gasteiger partial charge in [-0.3, -0.25) is 4.79 Å². The van der Waals surface area contributed by atoms with Gasteiger partial charge in [0.25, 0.3) is 5.91 Å². The topological polar surface area (TPSA) is 108 Å². The minimum Gasteiger partial charge on any atom is -0.482 e. The average Bonchev–Trinajstić information content (AvgIpc) is 3.26. The van der Waals surface area contributed by atoms with Crippen LogP contribution in [0.4, 0.5) is 15.9 Å². The van der Waals surface area contributed by atoms with Gasteiger partial charge in [0.15, 0.2) is 5.88 Å². The van der Waals surface area contributed by atoms with Gasteiger partial charge in [-0.1, -0.05) is 0 Å². The second-order valence-corrected chi connectivity index (χ2v) is 8.01. The number of benzene rings is 1. The maximum Gasteiger partial charge on any atom is 0.254 e. The molecule has 1 saturated heterocycles. The van der Waals surface area contributed by atoms with Gasteiger partial charge in [-0.2, -0.15) is 0 Å². The molecule has 2 aliphatic heterocycles. The zero-order valence-corrected chi connectivity index (χ0v) is 18.4. The molecule has 4 N–H and O–H groups in total. The van der Waals surface area contributed by atoms with Crippen LogP contribution in [0.1, 0.15) is 40.4 Å². The van der Waals surface area contributed by atoms with Crippen molar-refractivity contribution in [3.8, 4) is 0 Å². The lowest BCUT2D eigenvalue weighted by atomic mass is 9.95. The molecule has 3 heterocycles. The molecule has 1 amide bonds. The number of aromatic nitrogens is 1. The van der Waals surface area contributed by atoms with Gasteiger partial charge in [-0.05, 0) is 42.7 Å². The number of amides is 1. The van der Waals surface area contributed by atoms with Gasteiger partial charge in [0.1, 0.15) is 11.6 Å². The van der Waals surface area contributed by atoms with E-state index in [0.29, 0.717) is 46.2 Å². The smallest absolute Gasteiger partial charge is 0.254 e. The van der Waals surface area contributed by atoms with E-state index in [0.717, 1.165) is 12.8 Å². The van der Waals surface area contributed by atoms with Gasteiger partial charge in [-0.25, -0.2) is 9.37 Å². The van der Waals surface area contributed by atoms with Crippen LogP contribution >= 0.6 is 0 Å². The molecule has 1 aromatic carbocycles. The molecule has 0 spiro atoms. The van der Waals surface area contributed by atoms with Gasteiger partial charge >= 0.3 is 0 Å². The van der Waals surface area contributed by atoms with Crippen LogP contribution in [0, 0.1) is 11.2 Å². The van der Waals surface area contributed by atoms with Crippen LogP contribution in [0.2, 0.25) is 0 Å². The monoisotopic (exact) mass is 438 g/mol. The lowest BCUT2D eigenvalue weighted by Gasteiger charge is -2.31. The van der Waals surface area contributed by atoms with E-state index >= 15 is 0 Å². The summed E-state index contributed by atoms with van der Waals surface area (Å²) in [5.41, 5.74) is 9.34. The van der Waals surface area contributed by atoms with Crippen molar-refractivity contribution in [3.63, 3.8) is 0 Å². The molecule has 1 atom stereocenters. The Morgan fingerprint density at radius 2 is 2.16 bits per heavy atom. The van der Waals surface area contributed by atoms with Crippen molar-refractivity contribution in [2.45, 2.75) is 18.9 Å². The second kappa shape index (κ2) is 8.49. The number of carbonyl (C=O) groups is 1. The number of hydrogen-bond donors (Lipinski definition) is 3. The van der Waals surface area contributed by atoms with Crippen LogP contribution < -0.4 is 16.0 Å². The summed E-state index contributed by atoms with van der Waals surface area (Å²) >= 11 is 0. The fraction of sp³-hybridized carbons (Fsp3) is 0.348. The van der Waals surface area contributed by atoms with Gasteiger partial charge < -0.3 is 31.0 Å². The van der Waals surface area contributed by atoms with E-state index in [-0.39, 0.29) is 24.2 Å². The Balaban J connectivity index is 1.99. The summed E-state index contributed by atoms with van der Waals surface area (Å²) in [5, 5.41) is 11.8. The number of rotatable bonds is 2. The normalized spacial score (nSPS) is 20.2. The molecule has 0 aliphatic carbocycles. The molecular weight excluding hydrogens is 411 g/mol. The number of carbonyl (C=O) groups excluding carboxylic acids is 1. The zero-order chi connectivity index (χ0) is 23.0. The van der Waals surface area contributed by atoms with E-state index in [2.05, 4.69) is 15.2 Å². The number of nitrogens with one attached hydrogen (secondary N) is 2. The third-order valence-corrected chi connectivity index (χ3v) is 6.05. The predicted molar refractivity (Wildman–Crippen MR) is 122 cm³/mol. The van der Waals surface area contributed by atoms with Crippen molar-refractivity contribution in [3.05, 3.63) is 58.9 Å². The highest BCUT2D eigenvalue weighted by Crippen LogP contribution is 2.41. The predicted octanol–water partition coefficient (Wildman–Crippen LogP) is 2.78. The molecule has 0 radical (unpaired) electrons. The highest BCUT2D eigenvalue weighted by molar-refractivity contribution is 6.24. The number of nitrogens with zero attached hydrogens (tertiary/aromatic N) is 3. The quantitative estimate of drug-likeness (QED) is 0.623. The minimum atomic E-state index is -0.394. The van der Waals surface area contributed by atoms with Crippen molar-refractivity contribution >= 4 is 28.7 Å². The molecule has 0 unspecified atom stereocenters. The number of ether oxygens (including phenoxy) is 1. The Morgan fingerprint density at radius 1 is 1.38 bits per heavy atom. The first-order chi connectivity index (χ1) is 15.3. The molecule has 2 aliphatic rings. The van der Waals surface area contributed by atoms with Crippen LogP contribution in [-0.4, -0.2) is 55.8 Å². The number of fused-ring (bicyclic) bond motifs is 6.